The summed E-state index contributed by atoms with van der Waals surface area (Å²) < 4.78 is 52.9. The Morgan fingerprint density at radius 1 is 1.05 bits per heavy atom. The molecule has 0 unspecified atom stereocenters. The van der Waals surface area contributed by atoms with Crippen molar-refractivity contribution in [3.8, 4) is 0 Å². The lowest BCUT2D eigenvalue weighted by Gasteiger charge is -2.21. The van der Waals surface area contributed by atoms with Crippen molar-refractivity contribution in [2.75, 3.05) is 13.1 Å². The normalized spacial score (nSPS) is 18.3. The van der Waals surface area contributed by atoms with Crippen LogP contribution in [0.5, 0.6) is 0 Å². The van der Waals surface area contributed by atoms with Crippen molar-refractivity contribution < 1.29 is 17.2 Å². The number of benzene rings is 1. The van der Waals surface area contributed by atoms with Gasteiger partial charge in [-0.15, -0.1) is 0 Å². The molecule has 0 saturated carbocycles. The Kier molecular flexibility index (Phi) is 4.58. The van der Waals surface area contributed by atoms with E-state index in [9.17, 15) is 17.2 Å². The topological polar surface area (TPSA) is 37.4 Å². The van der Waals surface area contributed by atoms with Crippen LogP contribution in [0.4, 0.5) is 8.78 Å². The highest BCUT2D eigenvalue weighted by molar-refractivity contribution is 9.10. The zero-order valence-electron chi connectivity index (χ0n) is 10.2. The van der Waals surface area contributed by atoms with Crippen LogP contribution in [-0.2, 0) is 10.0 Å². The number of rotatable bonds is 2. The van der Waals surface area contributed by atoms with Crippen molar-refractivity contribution in [3.05, 3.63) is 28.2 Å². The highest BCUT2D eigenvalue weighted by Gasteiger charge is 2.30. The van der Waals surface area contributed by atoms with Crippen LogP contribution in [0.2, 0.25) is 0 Å². The Morgan fingerprint density at radius 2 is 1.63 bits per heavy atom. The van der Waals surface area contributed by atoms with E-state index in [4.69, 9.17) is 0 Å². The van der Waals surface area contributed by atoms with Crippen molar-refractivity contribution >= 4 is 26.0 Å². The van der Waals surface area contributed by atoms with Gasteiger partial charge in [0.15, 0.2) is 0 Å². The minimum atomic E-state index is -3.92. The summed E-state index contributed by atoms with van der Waals surface area (Å²) in [5.41, 5.74) is 0. The molecule has 1 aliphatic heterocycles. The third-order valence-electron chi connectivity index (χ3n) is 3.13. The van der Waals surface area contributed by atoms with E-state index in [1.807, 2.05) is 0 Å². The summed E-state index contributed by atoms with van der Waals surface area (Å²) in [5.74, 6) is -1.87. The molecule has 0 N–H and O–H groups in total. The summed E-state index contributed by atoms with van der Waals surface area (Å²) in [6, 6.07) is 1.56. The predicted molar refractivity (Wildman–Crippen MR) is 71.3 cm³/mol. The van der Waals surface area contributed by atoms with Gasteiger partial charge in [0.05, 0.1) is 0 Å². The van der Waals surface area contributed by atoms with Crippen LogP contribution in [0, 0.1) is 11.6 Å². The molecule has 0 spiro atoms. The summed E-state index contributed by atoms with van der Waals surface area (Å²) in [4.78, 5) is -0.476. The van der Waals surface area contributed by atoms with Gasteiger partial charge in [-0.1, -0.05) is 12.8 Å². The van der Waals surface area contributed by atoms with Gasteiger partial charge >= 0.3 is 0 Å². The SMILES string of the molecule is O=S(=O)(c1c(F)cc(F)cc1Br)N1CCCCCC1. The van der Waals surface area contributed by atoms with E-state index in [0.717, 1.165) is 31.7 Å². The van der Waals surface area contributed by atoms with Gasteiger partial charge in [-0.3, -0.25) is 0 Å². The Hall–Kier alpha value is -0.530. The Bertz CT molecular complexity index is 546. The van der Waals surface area contributed by atoms with Crippen molar-refractivity contribution in [1.82, 2.24) is 4.31 Å². The number of nitrogens with zero attached hydrogens (tertiary/aromatic N) is 1. The van der Waals surface area contributed by atoms with E-state index in [1.54, 1.807) is 0 Å². The van der Waals surface area contributed by atoms with Crippen molar-refractivity contribution in [2.45, 2.75) is 30.6 Å². The van der Waals surface area contributed by atoms with Gasteiger partial charge in [0, 0.05) is 23.6 Å². The van der Waals surface area contributed by atoms with Gasteiger partial charge in [-0.2, -0.15) is 4.31 Å². The van der Waals surface area contributed by atoms with Gasteiger partial charge < -0.3 is 0 Å². The molecule has 7 heteroatoms. The summed E-state index contributed by atoms with van der Waals surface area (Å²) >= 11 is 2.93. The molecular formula is C12H14BrF2NO2S. The fraction of sp³-hybridized carbons (Fsp3) is 0.500. The van der Waals surface area contributed by atoms with E-state index in [1.165, 1.54) is 4.31 Å². The Labute approximate surface area is 119 Å². The molecule has 19 heavy (non-hydrogen) atoms. The van der Waals surface area contributed by atoms with Crippen LogP contribution in [0.1, 0.15) is 25.7 Å². The molecule has 1 aromatic carbocycles. The first-order valence-corrected chi connectivity index (χ1v) is 8.31. The Morgan fingerprint density at radius 3 is 2.16 bits per heavy atom. The smallest absolute Gasteiger partial charge is 0.207 e. The first-order chi connectivity index (χ1) is 8.93. The van der Waals surface area contributed by atoms with Gasteiger partial charge in [0.1, 0.15) is 16.5 Å². The zero-order valence-corrected chi connectivity index (χ0v) is 12.6. The summed E-state index contributed by atoms with van der Waals surface area (Å²) in [6.45, 7) is 0.761. The predicted octanol–water partition coefficient (Wildman–Crippen LogP) is 3.29. The van der Waals surface area contributed by atoms with E-state index in [0.29, 0.717) is 19.2 Å². The van der Waals surface area contributed by atoms with E-state index in [2.05, 4.69) is 15.9 Å². The average Bonchev–Trinajstić information content (AvgIpc) is 2.55. The molecule has 2 rings (SSSR count). The van der Waals surface area contributed by atoms with Crippen LogP contribution in [-0.4, -0.2) is 25.8 Å². The quantitative estimate of drug-likeness (QED) is 0.817. The molecule has 3 nitrogen and oxygen atoms in total. The molecule has 106 valence electrons. The van der Waals surface area contributed by atoms with Gasteiger partial charge in [-0.05, 0) is 34.8 Å². The summed E-state index contributed by atoms with van der Waals surface area (Å²) in [5, 5.41) is 0. The van der Waals surface area contributed by atoms with Crippen LogP contribution in [0.25, 0.3) is 0 Å². The van der Waals surface area contributed by atoms with E-state index >= 15 is 0 Å². The monoisotopic (exact) mass is 353 g/mol. The lowest BCUT2D eigenvalue weighted by Crippen LogP contribution is -2.32. The number of sulfonamides is 1. The number of hydrogen-bond donors (Lipinski definition) is 0. The summed E-state index contributed by atoms with van der Waals surface area (Å²) in [7, 11) is -3.92. The lowest BCUT2D eigenvalue weighted by molar-refractivity contribution is 0.418. The first kappa shape index (κ1) is 14.9. The second kappa shape index (κ2) is 5.85. The second-order valence-electron chi connectivity index (χ2n) is 4.52. The zero-order chi connectivity index (χ0) is 14.0. The fourth-order valence-corrected chi connectivity index (χ4v) is 4.82. The second-order valence-corrected chi connectivity index (χ2v) is 7.25. The number of halogens is 3. The van der Waals surface area contributed by atoms with Gasteiger partial charge in [-0.25, -0.2) is 17.2 Å². The third-order valence-corrected chi connectivity index (χ3v) is 5.99. The third kappa shape index (κ3) is 3.14. The first-order valence-electron chi connectivity index (χ1n) is 6.07. The molecule has 0 radical (unpaired) electrons. The van der Waals surface area contributed by atoms with Gasteiger partial charge in [0.25, 0.3) is 0 Å². The van der Waals surface area contributed by atoms with Crippen LogP contribution in [0.3, 0.4) is 0 Å². The van der Waals surface area contributed by atoms with Crippen LogP contribution < -0.4 is 0 Å². The maximum atomic E-state index is 13.8. The largest absolute Gasteiger partial charge is 0.247 e. The van der Waals surface area contributed by atoms with Crippen LogP contribution >= 0.6 is 15.9 Å². The van der Waals surface area contributed by atoms with Crippen molar-refractivity contribution in [3.63, 3.8) is 0 Å². The molecule has 0 aromatic heterocycles. The molecule has 1 saturated heterocycles. The molecule has 0 atom stereocenters. The molecule has 0 bridgehead atoms. The standard InChI is InChI=1S/C12H14BrF2NO2S/c13-10-7-9(14)8-11(15)12(10)19(17,18)16-5-3-1-2-4-6-16/h7-8H,1-6H2. The van der Waals surface area contributed by atoms with Crippen molar-refractivity contribution in [2.24, 2.45) is 0 Å². The number of hydrogen-bond acceptors (Lipinski definition) is 2. The van der Waals surface area contributed by atoms with Crippen LogP contribution in [0.15, 0.2) is 21.5 Å². The Balaban J connectivity index is 2.44. The molecule has 1 aliphatic rings. The highest BCUT2D eigenvalue weighted by Crippen LogP contribution is 2.30. The van der Waals surface area contributed by atoms with E-state index in [-0.39, 0.29) is 4.47 Å². The fourth-order valence-electron chi connectivity index (χ4n) is 2.19. The van der Waals surface area contributed by atoms with Crippen molar-refractivity contribution in [1.29, 1.82) is 0 Å². The molecule has 1 heterocycles. The maximum Gasteiger partial charge on any atom is 0.247 e. The highest BCUT2D eigenvalue weighted by atomic mass is 79.9. The molecule has 0 amide bonds. The molecular weight excluding hydrogens is 340 g/mol. The van der Waals surface area contributed by atoms with Gasteiger partial charge in [0.2, 0.25) is 10.0 Å². The average molecular weight is 354 g/mol. The molecule has 1 aromatic rings. The lowest BCUT2D eigenvalue weighted by atomic mass is 10.2. The summed E-state index contributed by atoms with van der Waals surface area (Å²) in [6.07, 6.45) is 3.47. The van der Waals surface area contributed by atoms with E-state index < -0.39 is 26.6 Å². The minimum Gasteiger partial charge on any atom is -0.207 e. The molecule has 0 aliphatic carbocycles. The maximum absolute atomic E-state index is 13.8. The molecule has 1 fully saturated rings. The minimum absolute atomic E-state index is 0.0748.